The van der Waals surface area contributed by atoms with Gasteiger partial charge in [0.2, 0.25) is 5.96 Å². The number of nitrogens with one attached hydrogen (secondary N) is 2. The Morgan fingerprint density at radius 3 is 2.00 bits per heavy atom. The highest BCUT2D eigenvalue weighted by Gasteiger charge is 2.29. The zero-order chi connectivity index (χ0) is 24.7. The highest BCUT2D eigenvalue weighted by atomic mass is 32.2. The van der Waals surface area contributed by atoms with Gasteiger partial charge in [0.25, 0.3) is 10.0 Å². The average molecular weight is 530 g/mol. The van der Waals surface area contributed by atoms with Gasteiger partial charge in [-0.25, -0.2) is 18.0 Å². The molecule has 0 bridgehead atoms. The van der Waals surface area contributed by atoms with E-state index in [1.165, 1.54) is 41.8 Å². The molecule has 3 aromatic carbocycles. The Morgan fingerprint density at radius 2 is 1.49 bits per heavy atom. The van der Waals surface area contributed by atoms with E-state index < -0.39 is 17.8 Å². The lowest BCUT2D eigenvalue weighted by Gasteiger charge is -2.16. The minimum atomic E-state index is -4.14. The summed E-state index contributed by atoms with van der Waals surface area (Å²) in [4.78, 5) is 3.94. The van der Waals surface area contributed by atoms with Crippen molar-refractivity contribution >= 4 is 45.9 Å². The molecule has 0 aliphatic carbocycles. The zero-order valence-corrected chi connectivity index (χ0v) is 20.5. The van der Waals surface area contributed by atoms with E-state index >= 15 is 0 Å². The van der Waals surface area contributed by atoms with E-state index in [0.717, 1.165) is 0 Å². The van der Waals surface area contributed by atoms with Crippen LogP contribution in [0, 0.1) is 0 Å². The smallest absolute Gasteiger partial charge is 0.399 e. The van der Waals surface area contributed by atoms with Gasteiger partial charge >= 0.3 is 7.75 Å². The van der Waals surface area contributed by atoms with Crippen LogP contribution < -0.4 is 24.8 Å². The van der Waals surface area contributed by atoms with Crippen molar-refractivity contribution in [2.45, 2.75) is 4.90 Å². The highest BCUT2D eigenvalue weighted by molar-refractivity contribution is 7.93. The Labute approximate surface area is 206 Å². The van der Waals surface area contributed by atoms with Gasteiger partial charge in [0.05, 0.1) is 4.90 Å². The lowest BCUT2D eigenvalue weighted by molar-refractivity contribution is 0.388. The van der Waals surface area contributed by atoms with Crippen molar-refractivity contribution in [3.05, 3.63) is 96.5 Å². The molecule has 4 N–H and O–H groups in total. The summed E-state index contributed by atoms with van der Waals surface area (Å²) in [5.41, 5.74) is 6.39. The fourth-order valence-corrected chi connectivity index (χ4v) is 5.76. The first-order valence-electron chi connectivity index (χ1n) is 10.1. The first kappa shape index (κ1) is 24.3. The third kappa shape index (κ3) is 6.82. The molecule has 1 aromatic heterocycles. The number of para-hydroxylation sites is 2. The predicted molar refractivity (Wildman–Crippen MR) is 136 cm³/mol. The summed E-state index contributed by atoms with van der Waals surface area (Å²) in [6, 6.07) is 22.6. The maximum absolute atomic E-state index is 13.4. The van der Waals surface area contributed by atoms with Crippen LogP contribution in [0.5, 0.6) is 11.5 Å². The fourth-order valence-electron chi connectivity index (χ4n) is 2.76. The topological polar surface area (TPSA) is 145 Å². The van der Waals surface area contributed by atoms with Crippen LogP contribution in [0.15, 0.2) is 106 Å². The maximum Gasteiger partial charge on any atom is 0.566 e. The maximum atomic E-state index is 13.4. The molecule has 180 valence electrons. The van der Waals surface area contributed by atoms with Gasteiger partial charge in [-0.3, -0.25) is 4.72 Å². The molecule has 0 saturated carbocycles. The van der Waals surface area contributed by atoms with E-state index in [0.29, 0.717) is 5.69 Å². The fraction of sp³-hybridized carbons (Fsp3) is 0. The molecule has 0 unspecified atom stereocenters. The van der Waals surface area contributed by atoms with Gasteiger partial charge in [-0.1, -0.05) is 36.4 Å². The van der Waals surface area contributed by atoms with Crippen molar-refractivity contribution < 1.29 is 22.0 Å². The number of guanidine groups is 1. The van der Waals surface area contributed by atoms with Crippen molar-refractivity contribution in [1.82, 2.24) is 4.98 Å². The van der Waals surface area contributed by atoms with Gasteiger partial charge in [0.1, 0.15) is 11.5 Å². The van der Waals surface area contributed by atoms with Gasteiger partial charge < -0.3 is 20.1 Å². The summed E-state index contributed by atoms with van der Waals surface area (Å²) in [5.74, 6) is 0.313. The van der Waals surface area contributed by atoms with E-state index in [2.05, 4.69) is 19.8 Å². The Morgan fingerprint density at radius 1 is 0.914 bits per heavy atom. The SMILES string of the molecule is N/C(=N\P(=O)(Oc1ccccc1)Oc1ccccc1)Nc1ccc(S(=O)(=O)Nc2nccs2)cc1. The summed E-state index contributed by atoms with van der Waals surface area (Å²) in [7, 11) is -7.94. The molecular formula is C22H20N5O5PS2. The van der Waals surface area contributed by atoms with E-state index in [-0.39, 0.29) is 27.5 Å². The summed E-state index contributed by atoms with van der Waals surface area (Å²) >= 11 is 1.17. The van der Waals surface area contributed by atoms with E-state index in [1.807, 2.05) is 0 Å². The predicted octanol–water partition coefficient (Wildman–Crippen LogP) is 4.94. The van der Waals surface area contributed by atoms with Crippen LogP contribution in [0.2, 0.25) is 0 Å². The van der Waals surface area contributed by atoms with Crippen LogP contribution in [0.4, 0.5) is 10.8 Å². The second-order valence-corrected chi connectivity index (χ2v) is 10.9. The molecule has 0 amide bonds. The number of benzene rings is 3. The standard InChI is InChI=1S/C22H20N5O5PS2/c23-21(25-17-11-13-20(14-12-17)35(29,30)27-22-24-15-16-34-22)26-33(28,31-18-7-3-1-4-8-18)32-19-9-5-2-6-10-19/h1-16H,(H,24,27)(H3,23,25,26,28). The van der Waals surface area contributed by atoms with Crippen molar-refractivity contribution in [2.75, 3.05) is 10.0 Å². The number of hydrogen-bond donors (Lipinski definition) is 3. The third-order valence-corrected chi connectivity index (χ3v) is 7.77. The Bertz CT molecular complexity index is 1390. The van der Waals surface area contributed by atoms with Crippen molar-refractivity contribution in [3.8, 4) is 11.5 Å². The normalized spacial score (nSPS) is 12.1. The van der Waals surface area contributed by atoms with Gasteiger partial charge in [0.15, 0.2) is 5.13 Å². The molecule has 10 nitrogen and oxygen atoms in total. The minimum Gasteiger partial charge on any atom is -0.399 e. The summed E-state index contributed by atoms with van der Waals surface area (Å²) in [5, 5.41) is 4.69. The first-order chi connectivity index (χ1) is 16.8. The minimum absolute atomic E-state index is 0.0271. The molecular weight excluding hydrogens is 509 g/mol. The molecule has 1 heterocycles. The van der Waals surface area contributed by atoms with E-state index in [9.17, 15) is 13.0 Å². The lowest BCUT2D eigenvalue weighted by atomic mass is 10.3. The van der Waals surface area contributed by atoms with E-state index in [4.69, 9.17) is 14.8 Å². The van der Waals surface area contributed by atoms with Gasteiger partial charge in [-0.2, -0.15) is 0 Å². The van der Waals surface area contributed by atoms with Crippen molar-refractivity contribution in [2.24, 2.45) is 10.5 Å². The number of rotatable bonds is 9. The molecule has 0 radical (unpaired) electrons. The summed E-state index contributed by atoms with van der Waals surface area (Å²) < 4.78 is 55.9. The van der Waals surface area contributed by atoms with Crippen molar-refractivity contribution in [1.29, 1.82) is 0 Å². The van der Waals surface area contributed by atoms with Crippen LogP contribution in [-0.2, 0) is 14.6 Å². The third-order valence-electron chi connectivity index (χ3n) is 4.25. The summed E-state index contributed by atoms with van der Waals surface area (Å²) in [6.45, 7) is 0. The molecule has 35 heavy (non-hydrogen) atoms. The zero-order valence-electron chi connectivity index (χ0n) is 18.0. The first-order valence-corrected chi connectivity index (χ1v) is 13.9. The number of hydrogen-bond acceptors (Lipinski definition) is 7. The molecule has 0 aliphatic rings. The number of nitrogens with zero attached hydrogens (tertiary/aromatic N) is 2. The van der Waals surface area contributed by atoms with Crippen LogP contribution in [0.1, 0.15) is 0 Å². The summed E-state index contributed by atoms with van der Waals surface area (Å²) in [6.07, 6.45) is 1.50. The lowest BCUT2D eigenvalue weighted by Crippen LogP contribution is -2.23. The van der Waals surface area contributed by atoms with Gasteiger partial charge in [-0.15, -0.1) is 16.1 Å². The molecule has 0 aliphatic heterocycles. The van der Waals surface area contributed by atoms with Crippen LogP contribution >= 0.6 is 19.1 Å². The monoisotopic (exact) mass is 529 g/mol. The van der Waals surface area contributed by atoms with Crippen LogP contribution in [0.3, 0.4) is 0 Å². The molecule has 4 aromatic rings. The molecule has 0 spiro atoms. The van der Waals surface area contributed by atoms with Gasteiger partial charge in [0, 0.05) is 17.3 Å². The molecule has 0 atom stereocenters. The number of thiazole rings is 1. The molecule has 0 fully saturated rings. The number of sulfonamides is 1. The number of anilines is 2. The average Bonchev–Trinajstić information content (AvgIpc) is 3.32. The largest absolute Gasteiger partial charge is 0.566 e. The second-order valence-electron chi connectivity index (χ2n) is 6.85. The number of aromatic nitrogens is 1. The quantitative estimate of drug-likeness (QED) is 0.157. The highest BCUT2D eigenvalue weighted by Crippen LogP contribution is 2.49. The number of nitrogens with two attached hydrogens (primary N) is 1. The Balaban J connectivity index is 1.52. The Hall–Kier alpha value is -3.86. The second kappa shape index (κ2) is 10.6. The van der Waals surface area contributed by atoms with E-state index in [1.54, 1.807) is 66.0 Å². The van der Waals surface area contributed by atoms with Crippen LogP contribution in [-0.4, -0.2) is 19.4 Å². The van der Waals surface area contributed by atoms with Crippen molar-refractivity contribution in [3.63, 3.8) is 0 Å². The van der Waals surface area contributed by atoms with Gasteiger partial charge in [-0.05, 0) is 48.5 Å². The van der Waals surface area contributed by atoms with Crippen LogP contribution in [0.25, 0.3) is 0 Å². The molecule has 4 rings (SSSR count). The Kier molecular flexibility index (Phi) is 7.35. The molecule has 13 heteroatoms. The molecule has 0 saturated heterocycles.